The van der Waals surface area contributed by atoms with Crippen LogP contribution in [0, 0.1) is 0 Å². The number of rotatable bonds is 2. The van der Waals surface area contributed by atoms with Gasteiger partial charge in [0, 0.05) is 17.3 Å². The van der Waals surface area contributed by atoms with Crippen molar-refractivity contribution in [3.8, 4) is 11.1 Å². The van der Waals surface area contributed by atoms with Crippen LogP contribution in [0.2, 0.25) is 0 Å². The quantitative estimate of drug-likeness (QED) is 0.850. The number of H-pyrrole nitrogens is 1. The van der Waals surface area contributed by atoms with Crippen LogP contribution in [-0.4, -0.2) is 11.3 Å². The second-order valence-corrected chi connectivity index (χ2v) is 3.87. The molecule has 0 unspecified atom stereocenters. The first-order valence-electron chi connectivity index (χ1n) is 5.27. The lowest BCUT2D eigenvalue weighted by Gasteiger charge is -2.07. The molecular weight excluding hydrogens is 259 g/mol. The number of nitrogens with one attached hydrogen (secondary N) is 1. The molecule has 2 aromatic rings. The number of aldehydes is 1. The third-order valence-electron chi connectivity index (χ3n) is 2.58. The molecular formula is C13H8F3NO2. The number of benzene rings is 1. The Morgan fingerprint density at radius 2 is 1.74 bits per heavy atom. The molecule has 0 fully saturated rings. The van der Waals surface area contributed by atoms with Crippen molar-refractivity contribution in [3.63, 3.8) is 0 Å². The number of carbonyl (C=O) groups excluding carboxylic acids is 1. The van der Waals surface area contributed by atoms with Gasteiger partial charge >= 0.3 is 6.18 Å². The fourth-order valence-corrected chi connectivity index (χ4v) is 1.62. The molecule has 0 radical (unpaired) electrons. The summed E-state index contributed by atoms with van der Waals surface area (Å²) in [5.41, 5.74) is -0.546. The van der Waals surface area contributed by atoms with E-state index in [4.69, 9.17) is 0 Å². The highest BCUT2D eigenvalue weighted by atomic mass is 19.4. The average molecular weight is 267 g/mol. The number of aromatic nitrogens is 1. The van der Waals surface area contributed by atoms with Gasteiger partial charge in [0.25, 0.3) is 5.56 Å². The summed E-state index contributed by atoms with van der Waals surface area (Å²) in [5.74, 6) is 0. The maximum atomic E-state index is 12.4. The predicted molar refractivity (Wildman–Crippen MR) is 62.9 cm³/mol. The number of halogens is 3. The highest BCUT2D eigenvalue weighted by Crippen LogP contribution is 2.30. The van der Waals surface area contributed by atoms with Gasteiger partial charge < -0.3 is 4.98 Å². The second-order valence-electron chi connectivity index (χ2n) is 3.87. The van der Waals surface area contributed by atoms with Crippen molar-refractivity contribution in [2.45, 2.75) is 6.18 Å². The van der Waals surface area contributed by atoms with Gasteiger partial charge in [-0.2, -0.15) is 13.2 Å². The number of carbonyl (C=O) groups is 1. The molecule has 1 heterocycles. The van der Waals surface area contributed by atoms with Gasteiger partial charge in [-0.05, 0) is 23.8 Å². The summed E-state index contributed by atoms with van der Waals surface area (Å²) in [5, 5.41) is 0. The molecule has 98 valence electrons. The summed E-state index contributed by atoms with van der Waals surface area (Å²) in [6, 6.07) is 5.50. The largest absolute Gasteiger partial charge is 0.416 e. The summed E-state index contributed by atoms with van der Waals surface area (Å²) >= 11 is 0. The van der Waals surface area contributed by atoms with Crippen molar-refractivity contribution in [3.05, 3.63) is 58.0 Å². The lowest BCUT2D eigenvalue weighted by molar-refractivity contribution is -0.137. The van der Waals surface area contributed by atoms with E-state index in [0.717, 1.165) is 12.1 Å². The minimum absolute atomic E-state index is 0.151. The first kappa shape index (κ1) is 13.1. The van der Waals surface area contributed by atoms with E-state index in [1.807, 2.05) is 0 Å². The first-order chi connectivity index (χ1) is 8.91. The molecule has 6 heteroatoms. The van der Waals surface area contributed by atoms with Gasteiger partial charge in [0.1, 0.15) is 0 Å². The molecule has 19 heavy (non-hydrogen) atoms. The Balaban J connectivity index is 2.48. The van der Waals surface area contributed by atoms with Gasteiger partial charge in [0.15, 0.2) is 6.29 Å². The summed E-state index contributed by atoms with van der Waals surface area (Å²) in [6.07, 6.45) is -2.64. The fourth-order valence-electron chi connectivity index (χ4n) is 1.62. The Hall–Kier alpha value is -2.37. The van der Waals surface area contributed by atoms with E-state index in [9.17, 15) is 22.8 Å². The smallest absolute Gasteiger partial charge is 0.328 e. The molecule has 0 spiro atoms. The third-order valence-corrected chi connectivity index (χ3v) is 2.58. The second kappa shape index (κ2) is 4.72. The molecule has 1 aromatic carbocycles. The zero-order valence-electron chi connectivity index (χ0n) is 9.49. The Labute approximate surface area is 105 Å². The van der Waals surface area contributed by atoms with Gasteiger partial charge in [-0.1, -0.05) is 12.1 Å². The number of alkyl halides is 3. The van der Waals surface area contributed by atoms with E-state index in [1.165, 1.54) is 24.4 Å². The topological polar surface area (TPSA) is 49.9 Å². The Morgan fingerprint density at radius 3 is 2.26 bits per heavy atom. The molecule has 0 saturated carbocycles. The summed E-state index contributed by atoms with van der Waals surface area (Å²) in [7, 11) is 0. The maximum absolute atomic E-state index is 12.4. The van der Waals surface area contributed by atoms with Crippen LogP contribution in [0.25, 0.3) is 11.1 Å². The summed E-state index contributed by atoms with van der Waals surface area (Å²) in [4.78, 5) is 24.5. The molecule has 1 N–H and O–H groups in total. The van der Waals surface area contributed by atoms with Gasteiger partial charge in [0.2, 0.25) is 0 Å². The van der Waals surface area contributed by atoms with E-state index in [0.29, 0.717) is 11.8 Å². The van der Waals surface area contributed by atoms with Crippen LogP contribution in [0.5, 0.6) is 0 Å². The molecule has 3 nitrogen and oxygen atoms in total. The van der Waals surface area contributed by atoms with Crippen LogP contribution in [0.1, 0.15) is 15.9 Å². The fraction of sp³-hybridized carbons (Fsp3) is 0.0769. The SMILES string of the molecule is O=Cc1c[nH]c(=O)c(-c2ccc(C(F)(F)F)cc2)c1. The molecule has 1 aromatic heterocycles. The number of aromatic amines is 1. The lowest BCUT2D eigenvalue weighted by atomic mass is 10.0. The number of hydrogen-bond donors (Lipinski definition) is 1. The minimum Gasteiger partial charge on any atom is -0.328 e. The Bertz CT molecular complexity index is 657. The lowest BCUT2D eigenvalue weighted by Crippen LogP contribution is -2.09. The van der Waals surface area contributed by atoms with Crippen LogP contribution >= 0.6 is 0 Å². The van der Waals surface area contributed by atoms with Gasteiger partial charge in [0.05, 0.1) is 5.56 Å². The standard InChI is InChI=1S/C13H8F3NO2/c14-13(15,16)10-3-1-9(2-4-10)11-5-8(7-18)6-17-12(11)19/h1-7H,(H,17,19). The normalized spacial score (nSPS) is 11.3. The zero-order valence-corrected chi connectivity index (χ0v) is 9.49. The van der Waals surface area contributed by atoms with E-state index >= 15 is 0 Å². The third kappa shape index (κ3) is 2.73. The predicted octanol–water partition coefficient (Wildman–Crippen LogP) is 2.87. The first-order valence-corrected chi connectivity index (χ1v) is 5.27. The Kier molecular flexibility index (Phi) is 3.25. The monoisotopic (exact) mass is 267 g/mol. The zero-order chi connectivity index (χ0) is 14.0. The van der Waals surface area contributed by atoms with E-state index in [1.54, 1.807) is 0 Å². The van der Waals surface area contributed by atoms with E-state index in [-0.39, 0.29) is 11.1 Å². The summed E-state index contributed by atoms with van der Waals surface area (Å²) in [6.45, 7) is 0. The molecule has 0 aliphatic rings. The van der Waals surface area contributed by atoms with Crippen LogP contribution in [-0.2, 0) is 6.18 Å². The highest BCUT2D eigenvalue weighted by molar-refractivity contribution is 5.77. The molecule has 2 rings (SSSR count). The molecule has 0 bridgehead atoms. The molecule has 0 aliphatic carbocycles. The number of hydrogen-bond acceptors (Lipinski definition) is 2. The van der Waals surface area contributed by atoms with Crippen molar-refractivity contribution in [1.29, 1.82) is 0 Å². The van der Waals surface area contributed by atoms with Crippen molar-refractivity contribution < 1.29 is 18.0 Å². The molecule has 0 atom stereocenters. The van der Waals surface area contributed by atoms with Crippen molar-refractivity contribution in [2.24, 2.45) is 0 Å². The molecule has 0 saturated heterocycles. The highest BCUT2D eigenvalue weighted by Gasteiger charge is 2.30. The summed E-state index contributed by atoms with van der Waals surface area (Å²) < 4.78 is 37.2. The Morgan fingerprint density at radius 1 is 1.11 bits per heavy atom. The van der Waals surface area contributed by atoms with E-state index in [2.05, 4.69) is 4.98 Å². The van der Waals surface area contributed by atoms with Crippen LogP contribution in [0.3, 0.4) is 0 Å². The van der Waals surface area contributed by atoms with E-state index < -0.39 is 17.3 Å². The minimum atomic E-state index is -4.42. The van der Waals surface area contributed by atoms with Gasteiger partial charge in [-0.3, -0.25) is 9.59 Å². The van der Waals surface area contributed by atoms with Gasteiger partial charge in [-0.15, -0.1) is 0 Å². The van der Waals surface area contributed by atoms with Crippen LogP contribution in [0.15, 0.2) is 41.3 Å². The maximum Gasteiger partial charge on any atom is 0.416 e. The van der Waals surface area contributed by atoms with Crippen molar-refractivity contribution >= 4 is 6.29 Å². The van der Waals surface area contributed by atoms with Crippen LogP contribution in [0.4, 0.5) is 13.2 Å². The van der Waals surface area contributed by atoms with Crippen LogP contribution < -0.4 is 5.56 Å². The van der Waals surface area contributed by atoms with Gasteiger partial charge in [-0.25, -0.2) is 0 Å². The average Bonchev–Trinajstić information content (AvgIpc) is 2.38. The number of pyridine rings is 1. The molecule has 0 amide bonds. The molecule has 0 aliphatic heterocycles. The van der Waals surface area contributed by atoms with Crippen molar-refractivity contribution in [2.75, 3.05) is 0 Å². The van der Waals surface area contributed by atoms with Crippen molar-refractivity contribution in [1.82, 2.24) is 4.98 Å².